The van der Waals surface area contributed by atoms with Gasteiger partial charge in [0, 0.05) is 23.4 Å². The van der Waals surface area contributed by atoms with Gasteiger partial charge in [-0.1, -0.05) is 17.7 Å². The Morgan fingerprint density at radius 1 is 1.39 bits per heavy atom. The van der Waals surface area contributed by atoms with Crippen LogP contribution in [0.15, 0.2) is 23.6 Å². The van der Waals surface area contributed by atoms with Gasteiger partial charge in [-0.15, -0.1) is 11.3 Å². The highest BCUT2D eigenvalue weighted by Crippen LogP contribution is 2.26. The number of aliphatic hydroxyl groups excluding tert-OH is 1. The smallest absolute Gasteiger partial charge is 0.0948 e. The van der Waals surface area contributed by atoms with E-state index in [4.69, 9.17) is 10.8 Å². The number of benzene rings is 1. The monoisotopic (exact) mass is 262 g/mol. The maximum atomic E-state index is 8.95. The molecule has 1 atom stereocenters. The van der Waals surface area contributed by atoms with Crippen molar-refractivity contribution in [1.29, 1.82) is 0 Å². The van der Waals surface area contributed by atoms with Crippen molar-refractivity contribution in [2.45, 2.75) is 26.3 Å². The van der Waals surface area contributed by atoms with Crippen molar-refractivity contribution in [2.24, 2.45) is 5.73 Å². The third-order valence-corrected chi connectivity index (χ3v) is 3.76. The Kier molecular flexibility index (Phi) is 4.11. The highest BCUT2D eigenvalue weighted by Gasteiger charge is 2.10. The van der Waals surface area contributed by atoms with Crippen molar-refractivity contribution in [3.63, 3.8) is 0 Å². The lowest BCUT2D eigenvalue weighted by atomic mass is 10.0. The number of nitrogens with zero attached hydrogens (tertiary/aromatic N) is 1. The first kappa shape index (κ1) is 13.2. The standard InChI is InChI=1S/C14H18N2OS/c1-9-3-4-10(2)12(5-9)13-8-18-14(16-13)6-11(15)7-17/h3-5,8,11,17H,6-7,15H2,1-2H3. The molecule has 1 heterocycles. The molecule has 3 N–H and O–H groups in total. The van der Waals surface area contributed by atoms with Crippen LogP contribution in [-0.4, -0.2) is 22.7 Å². The molecule has 0 aliphatic carbocycles. The second-order valence-electron chi connectivity index (χ2n) is 4.59. The average Bonchev–Trinajstić information content (AvgIpc) is 2.80. The summed E-state index contributed by atoms with van der Waals surface area (Å²) in [6, 6.07) is 6.15. The number of aliphatic hydroxyl groups is 1. The molecule has 1 aromatic heterocycles. The number of rotatable bonds is 4. The van der Waals surface area contributed by atoms with Crippen LogP contribution in [0.1, 0.15) is 16.1 Å². The van der Waals surface area contributed by atoms with Crippen molar-refractivity contribution in [3.8, 4) is 11.3 Å². The Morgan fingerprint density at radius 3 is 2.89 bits per heavy atom. The summed E-state index contributed by atoms with van der Waals surface area (Å²) in [4.78, 5) is 4.60. The van der Waals surface area contributed by atoms with Crippen LogP contribution >= 0.6 is 11.3 Å². The first-order chi connectivity index (χ1) is 8.60. The second kappa shape index (κ2) is 5.61. The fourth-order valence-corrected chi connectivity index (χ4v) is 2.72. The van der Waals surface area contributed by atoms with E-state index in [1.807, 2.05) is 0 Å². The summed E-state index contributed by atoms with van der Waals surface area (Å²) in [6.45, 7) is 4.17. The van der Waals surface area contributed by atoms with Gasteiger partial charge in [-0.25, -0.2) is 4.98 Å². The zero-order valence-corrected chi connectivity index (χ0v) is 11.5. The van der Waals surface area contributed by atoms with E-state index >= 15 is 0 Å². The van der Waals surface area contributed by atoms with Crippen molar-refractivity contribution in [1.82, 2.24) is 4.98 Å². The van der Waals surface area contributed by atoms with Gasteiger partial charge < -0.3 is 10.8 Å². The molecule has 0 spiro atoms. The van der Waals surface area contributed by atoms with Crippen LogP contribution in [0.4, 0.5) is 0 Å². The van der Waals surface area contributed by atoms with Crippen molar-refractivity contribution in [3.05, 3.63) is 39.7 Å². The first-order valence-electron chi connectivity index (χ1n) is 5.98. The van der Waals surface area contributed by atoms with E-state index in [0.717, 1.165) is 10.7 Å². The number of aromatic nitrogens is 1. The number of nitrogens with two attached hydrogens (primary N) is 1. The van der Waals surface area contributed by atoms with Crippen LogP contribution in [0, 0.1) is 13.8 Å². The fourth-order valence-electron chi connectivity index (χ4n) is 1.83. The molecule has 0 amide bonds. The molecule has 0 radical (unpaired) electrons. The molecule has 18 heavy (non-hydrogen) atoms. The fraction of sp³-hybridized carbons (Fsp3) is 0.357. The van der Waals surface area contributed by atoms with Crippen LogP contribution in [-0.2, 0) is 6.42 Å². The minimum atomic E-state index is -0.220. The molecule has 0 aliphatic heterocycles. The molecule has 2 aromatic rings. The summed E-state index contributed by atoms with van der Waals surface area (Å²) in [5.74, 6) is 0. The molecule has 1 unspecified atom stereocenters. The molecule has 2 rings (SSSR count). The van der Waals surface area contributed by atoms with E-state index in [1.54, 1.807) is 11.3 Å². The number of aryl methyl sites for hydroxylation is 2. The molecule has 96 valence electrons. The van der Waals surface area contributed by atoms with Crippen molar-refractivity contribution < 1.29 is 5.11 Å². The molecule has 3 nitrogen and oxygen atoms in total. The predicted octanol–water partition coefficient (Wildman–Crippen LogP) is 2.29. The highest BCUT2D eigenvalue weighted by atomic mass is 32.1. The van der Waals surface area contributed by atoms with Gasteiger partial charge >= 0.3 is 0 Å². The molecule has 0 aliphatic rings. The topological polar surface area (TPSA) is 59.1 Å². The average molecular weight is 262 g/mol. The third kappa shape index (κ3) is 2.96. The summed E-state index contributed by atoms with van der Waals surface area (Å²) >= 11 is 1.60. The Labute approximate surface area is 111 Å². The predicted molar refractivity (Wildman–Crippen MR) is 75.8 cm³/mol. The quantitative estimate of drug-likeness (QED) is 0.888. The summed E-state index contributed by atoms with van der Waals surface area (Å²) in [5.41, 5.74) is 10.4. The van der Waals surface area contributed by atoms with Gasteiger partial charge in [0.1, 0.15) is 0 Å². The largest absolute Gasteiger partial charge is 0.395 e. The molecule has 0 bridgehead atoms. The SMILES string of the molecule is Cc1ccc(C)c(-c2csc(CC(N)CO)n2)c1. The first-order valence-corrected chi connectivity index (χ1v) is 6.86. The zero-order valence-electron chi connectivity index (χ0n) is 10.7. The summed E-state index contributed by atoms with van der Waals surface area (Å²) in [5, 5.41) is 12.0. The Hall–Kier alpha value is -1.23. The lowest BCUT2D eigenvalue weighted by Crippen LogP contribution is -2.26. The Balaban J connectivity index is 2.26. The van der Waals surface area contributed by atoms with Gasteiger partial charge in [-0.3, -0.25) is 0 Å². The van der Waals surface area contributed by atoms with Crippen LogP contribution < -0.4 is 5.73 Å². The van der Waals surface area contributed by atoms with Gasteiger partial charge in [0.2, 0.25) is 0 Å². The highest BCUT2D eigenvalue weighted by molar-refractivity contribution is 7.09. The summed E-state index contributed by atoms with van der Waals surface area (Å²) < 4.78 is 0. The number of hydrogen-bond acceptors (Lipinski definition) is 4. The summed E-state index contributed by atoms with van der Waals surface area (Å²) in [7, 11) is 0. The molecule has 0 saturated heterocycles. The Morgan fingerprint density at radius 2 is 2.17 bits per heavy atom. The number of thiazole rings is 1. The maximum absolute atomic E-state index is 8.95. The van der Waals surface area contributed by atoms with E-state index in [9.17, 15) is 0 Å². The van der Waals surface area contributed by atoms with Gasteiger partial charge in [-0.05, 0) is 25.5 Å². The lowest BCUT2D eigenvalue weighted by molar-refractivity contribution is 0.265. The molecular formula is C14H18N2OS. The van der Waals surface area contributed by atoms with Crippen LogP contribution in [0.3, 0.4) is 0 Å². The van der Waals surface area contributed by atoms with Crippen LogP contribution in [0.25, 0.3) is 11.3 Å². The lowest BCUT2D eigenvalue weighted by Gasteiger charge is -2.05. The van der Waals surface area contributed by atoms with E-state index in [-0.39, 0.29) is 12.6 Å². The molecule has 0 saturated carbocycles. The zero-order chi connectivity index (χ0) is 13.1. The van der Waals surface area contributed by atoms with E-state index < -0.39 is 0 Å². The second-order valence-corrected chi connectivity index (χ2v) is 5.53. The number of hydrogen-bond donors (Lipinski definition) is 2. The minimum absolute atomic E-state index is 0.00160. The van der Waals surface area contributed by atoms with Gasteiger partial charge in [0.15, 0.2) is 0 Å². The molecule has 4 heteroatoms. The van der Waals surface area contributed by atoms with Gasteiger partial charge in [0.25, 0.3) is 0 Å². The Bertz CT molecular complexity index is 536. The maximum Gasteiger partial charge on any atom is 0.0948 e. The van der Waals surface area contributed by atoms with Crippen LogP contribution in [0.5, 0.6) is 0 Å². The van der Waals surface area contributed by atoms with E-state index in [2.05, 4.69) is 42.4 Å². The normalized spacial score (nSPS) is 12.7. The molecular weight excluding hydrogens is 244 g/mol. The van der Waals surface area contributed by atoms with E-state index in [0.29, 0.717) is 6.42 Å². The van der Waals surface area contributed by atoms with E-state index in [1.165, 1.54) is 16.7 Å². The summed E-state index contributed by atoms with van der Waals surface area (Å²) in [6.07, 6.45) is 0.631. The van der Waals surface area contributed by atoms with Gasteiger partial charge in [0.05, 0.1) is 17.3 Å². The molecule has 0 fully saturated rings. The van der Waals surface area contributed by atoms with Crippen LogP contribution in [0.2, 0.25) is 0 Å². The third-order valence-electron chi connectivity index (χ3n) is 2.89. The van der Waals surface area contributed by atoms with Crippen molar-refractivity contribution in [2.75, 3.05) is 6.61 Å². The minimum Gasteiger partial charge on any atom is -0.395 e. The van der Waals surface area contributed by atoms with Crippen molar-refractivity contribution >= 4 is 11.3 Å². The van der Waals surface area contributed by atoms with Gasteiger partial charge in [-0.2, -0.15) is 0 Å². The molecule has 1 aromatic carbocycles.